The van der Waals surface area contributed by atoms with Crippen LogP contribution in [0.25, 0.3) is 0 Å². The van der Waals surface area contributed by atoms with E-state index in [0.29, 0.717) is 11.8 Å². The molecule has 2 saturated heterocycles. The first-order valence-electron chi connectivity index (χ1n) is 14.9. The van der Waals surface area contributed by atoms with E-state index in [1.807, 2.05) is 37.3 Å². The molecule has 4 rings (SSSR count). The number of nitrogens with two attached hydrogens (primary N) is 1. The highest BCUT2D eigenvalue weighted by Crippen LogP contribution is 2.30. The van der Waals surface area contributed by atoms with E-state index in [0.717, 1.165) is 5.56 Å². The number of aliphatic hydroxyl groups excluding tert-OH is 7. The van der Waals surface area contributed by atoms with Crippen molar-refractivity contribution in [3.63, 3.8) is 0 Å². The number of rotatable bonds is 13. The Labute approximate surface area is 265 Å². The molecule has 2 aliphatic rings. The van der Waals surface area contributed by atoms with Crippen molar-refractivity contribution >= 4 is 12.2 Å². The van der Waals surface area contributed by atoms with E-state index in [-0.39, 0.29) is 18.1 Å². The first-order valence-corrected chi connectivity index (χ1v) is 14.9. The summed E-state index contributed by atoms with van der Waals surface area (Å²) >= 11 is 0. The van der Waals surface area contributed by atoms with Crippen molar-refractivity contribution in [2.24, 2.45) is 5.73 Å². The largest absolute Gasteiger partial charge is 0.462 e. The predicted molar refractivity (Wildman–Crippen MR) is 158 cm³/mol. The topological polar surface area (TPSA) is 251 Å². The Balaban J connectivity index is 1.33. The molecule has 46 heavy (non-hydrogen) atoms. The zero-order chi connectivity index (χ0) is 33.5. The molecule has 254 valence electrons. The van der Waals surface area contributed by atoms with E-state index in [1.54, 1.807) is 12.1 Å². The van der Waals surface area contributed by atoms with Gasteiger partial charge in [-0.2, -0.15) is 0 Å². The van der Waals surface area contributed by atoms with Gasteiger partial charge in [-0.25, -0.2) is 0 Å². The maximum atomic E-state index is 12.8. The summed E-state index contributed by atoms with van der Waals surface area (Å²) in [4.78, 5) is 24.5. The van der Waals surface area contributed by atoms with Crippen LogP contribution in [0.5, 0.6) is 5.75 Å². The third-order valence-corrected chi connectivity index (χ3v) is 8.25. The average Bonchev–Trinajstić information content (AvgIpc) is 3.08. The van der Waals surface area contributed by atoms with Gasteiger partial charge >= 0.3 is 0 Å². The van der Waals surface area contributed by atoms with Gasteiger partial charge in [0.1, 0.15) is 60.9 Å². The van der Waals surface area contributed by atoms with E-state index >= 15 is 0 Å². The summed E-state index contributed by atoms with van der Waals surface area (Å²) in [5.74, 6) is -0.543. The number of nitrogens with one attached hydrogen (secondary N) is 1. The number of amides is 1. The molecule has 0 aromatic heterocycles. The van der Waals surface area contributed by atoms with Crippen molar-refractivity contribution in [1.82, 2.24) is 5.32 Å². The maximum absolute atomic E-state index is 12.8. The van der Waals surface area contributed by atoms with Gasteiger partial charge in [0, 0.05) is 5.92 Å². The summed E-state index contributed by atoms with van der Waals surface area (Å²) in [6.45, 7) is 0.412. The molecule has 2 fully saturated rings. The van der Waals surface area contributed by atoms with Crippen molar-refractivity contribution in [2.75, 3.05) is 13.2 Å². The Morgan fingerprint density at radius 2 is 1.48 bits per heavy atom. The molecule has 11 unspecified atom stereocenters. The number of aliphatic hydroxyl groups is 7. The summed E-state index contributed by atoms with van der Waals surface area (Å²) in [5, 5.41) is 73.8. The Kier molecular flexibility index (Phi) is 12.6. The normalized spacial score (nSPS) is 33.4. The number of benzene rings is 2. The van der Waals surface area contributed by atoms with Crippen LogP contribution in [0.3, 0.4) is 0 Å². The van der Waals surface area contributed by atoms with Gasteiger partial charge < -0.3 is 70.5 Å². The van der Waals surface area contributed by atoms with Crippen LogP contribution < -0.4 is 15.8 Å². The maximum Gasteiger partial charge on any atom is 0.238 e. The minimum atomic E-state index is -1.78. The van der Waals surface area contributed by atoms with Crippen LogP contribution in [0.1, 0.15) is 24.0 Å². The monoisotopic (exact) mass is 650 g/mol. The van der Waals surface area contributed by atoms with Crippen molar-refractivity contribution in [2.45, 2.75) is 92.8 Å². The lowest BCUT2D eigenvalue weighted by molar-refractivity contribution is -0.352. The molecule has 2 aliphatic heterocycles. The molecule has 0 radical (unpaired) electrons. The Bertz CT molecular complexity index is 1250. The molecule has 0 aliphatic carbocycles. The van der Waals surface area contributed by atoms with E-state index < -0.39 is 92.6 Å². The highest BCUT2D eigenvalue weighted by atomic mass is 16.7. The van der Waals surface area contributed by atoms with Gasteiger partial charge in [-0.1, -0.05) is 49.4 Å². The third kappa shape index (κ3) is 8.26. The molecule has 2 aromatic carbocycles. The van der Waals surface area contributed by atoms with Crippen LogP contribution >= 0.6 is 0 Å². The van der Waals surface area contributed by atoms with Crippen LogP contribution in [-0.4, -0.2) is 135 Å². The highest BCUT2D eigenvalue weighted by Gasteiger charge is 2.51. The van der Waals surface area contributed by atoms with Crippen LogP contribution in [0.4, 0.5) is 0 Å². The summed E-state index contributed by atoms with van der Waals surface area (Å²) in [5.41, 5.74) is 7.72. The van der Waals surface area contributed by atoms with Crippen molar-refractivity contribution < 1.29 is 64.3 Å². The van der Waals surface area contributed by atoms with Crippen molar-refractivity contribution in [1.29, 1.82) is 0 Å². The molecule has 15 nitrogen and oxygen atoms in total. The second kappa shape index (κ2) is 16.2. The van der Waals surface area contributed by atoms with E-state index in [1.165, 1.54) is 12.1 Å². The Hall–Kier alpha value is -3.06. The summed E-state index contributed by atoms with van der Waals surface area (Å²) < 4.78 is 22.2. The fraction of sp³-hybridized carbons (Fsp3) is 0.548. The van der Waals surface area contributed by atoms with Gasteiger partial charge in [-0.05, 0) is 29.7 Å². The Morgan fingerprint density at radius 3 is 2.09 bits per heavy atom. The minimum absolute atomic E-state index is 0.160. The summed E-state index contributed by atoms with van der Waals surface area (Å²) in [6, 6.07) is 13.9. The lowest BCUT2D eigenvalue weighted by Crippen LogP contribution is -2.65. The minimum Gasteiger partial charge on any atom is -0.462 e. The SMILES string of the molecule is CC(c1ccccc1)[C@H](N)C(=O)N[C@H](C=O)Cc1ccc(OC2OC(CO)C(OC3OC(CO)C(O)C(O)C3O)C(O)C2O)cc1. The third-order valence-electron chi connectivity index (χ3n) is 8.25. The van der Waals surface area contributed by atoms with E-state index in [2.05, 4.69) is 5.32 Å². The van der Waals surface area contributed by atoms with E-state index in [9.17, 15) is 45.3 Å². The molecule has 1 amide bonds. The first kappa shape index (κ1) is 35.8. The van der Waals surface area contributed by atoms with Gasteiger partial charge in [0.2, 0.25) is 12.2 Å². The molecule has 0 spiro atoms. The number of carbonyl (C=O) groups excluding carboxylic acids is 2. The lowest BCUT2D eigenvalue weighted by atomic mass is 9.93. The first-order chi connectivity index (χ1) is 22.0. The van der Waals surface area contributed by atoms with E-state index in [4.69, 9.17) is 24.7 Å². The number of aldehydes is 1. The second-order valence-corrected chi connectivity index (χ2v) is 11.4. The predicted octanol–water partition coefficient (Wildman–Crippen LogP) is -2.95. The zero-order valence-electron chi connectivity index (χ0n) is 25.1. The Morgan fingerprint density at radius 1 is 0.870 bits per heavy atom. The number of carbonyl (C=O) groups is 2. The molecule has 2 heterocycles. The molecule has 13 atom stereocenters. The highest BCUT2D eigenvalue weighted by molar-refractivity contribution is 5.85. The summed E-state index contributed by atoms with van der Waals surface area (Å²) in [7, 11) is 0. The molecular formula is C31H42N2O13. The number of ether oxygens (including phenoxy) is 4. The number of hydrogen-bond acceptors (Lipinski definition) is 14. The van der Waals surface area contributed by atoms with Crippen LogP contribution in [0, 0.1) is 0 Å². The fourth-order valence-electron chi connectivity index (χ4n) is 5.35. The molecule has 0 saturated carbocycles. The summed E-state index contributed by atoms with van der Waals surface area (Å²) in [6.07, 6.45) is -15.0. The van der Waals surface area contributed by atoms with Crippen molar-refractivity contribution in [3.05, 3.63) is 65.7 Å². The quantitative estimate of drug-likeness (QED) is 0.0984. The zero-order valence-corrected chi connectivity index (χ0v) is 25.1. The fourth-order valence-corrected chi connectivity index (χ4v) is 5.35. The molecular weight excluding hydrogens is 608 g/mol. The van der Waals surface area contributed by atoms with Gasteiger partial charge in [-0.15, -0.1) is 0 Å². The number of hydrogen-bond donors (Lipinski definition) is 9. The average molecular weight is 651 g/mol. The lowest BCUT2D eigenvalue weighted by Gasteiger charge is -2.45. The smallest absolute Gasteiger partial charge is 0.238 e. The molecule has 15 heteroatoms. The van der Waals surface area contributed by atoms with Gasteiger partial charge in [0.15, 0.2) is 6.29 Å². The van der Waals surface area contributed by atoms with Gasteiger partial charge in [-0.3, -0.25) is 4.79 Å². The van der Waals surface area contributed by atoms with Gasteiger partial charge in [0.05, 0.1) is 25.3 Å². The molecule has 10 N–H and O–H groups in total. The second-order valence-electron chi connectivity index (χ2n) is 11.4. The standard InChI is InChI=1S/C31H42N2O13/c1-15(17-5-3-2-4-6-17)22(32)29(42)33-18(12-34)11-16-7-9-19(10-8-16)43-30-27(41)25(39)28(21(14-36)45-30)46-31-26(40)24(38)23(37)20(13-35)44-31/h2-10,12,15,18,20-28,30-31,35-41H,11,13-14,32H2,1H3,(H,33,42)/t15?,18-,20?,21?,22-,23?,24?,25?,26?,27?,28?,30?,31?/m0/s1. The van der Waals surface area contributed by atoms with Crippen LogP contribution in [0.2, 0.25) is 0 Å². The van der Waals surface area contributed by atoms with Crippen LogP contribution in [-0.2, 0) is 30.2 Å². The van der Waals surface area contributed by atoms with Crippen LogP contribution in [0.15, 0.2) is 54.6 Å². The molecule has 2 aromatic rings. The van der Waals surface area contributed by atoms with Gasteiger partial charge in [0.25, 0.3) is 0 Å². The van der Waals surface area contributed by atoms with Crippen molar-refractivity contribution in [3.8, 4) is 5.75 Å². The molecule has 0 bridgehead atoms.